The van der Waals surface area contributed by atoms with E-state index in [2.05, 4.69) is 31.2 Å². The molecular weight excluding hydrogens is 228 g/mol. The fourth-order valence-corrected chi connectivity index (χ4v) is 3.34. The van der Waals surface area contributed by atoms with Crippen LogP contribution in [-0.4, -0.2) is 26.2 Å². The topological polar surface area (TPSA) is 34.1 Å². The molecule has 1 aromatic carbocycles. The van der Waals surface area contributed by atoms with E-state index in [4.69, 9.17) is 0 Å². The average Bonchev–Trinajstić information content (AvgIpc) is 2.14. The Morgan fingerprint density at radius 2 is 1.80 bits per heavy atom. The van der Waals surface area contributed by atoms with E-state index in [-0.39, 0.29) is 5.75 Å². The molecule has 1 aromatic rings. The fourth-order valence-electron chi connectivity index (χ4n) is 1.08. The molecule has 15 heavy (non-hydrogen) atoms. The number of thioether (sulfide) groups is 1. The lowest BCUT2D eigenvalue weighted by Crippen LogP contribution is -2.05. The summed E-state index contributed by atoms with van der Waals surface area (Å²) in [5.74, 6) is 1.83. The highest BCUT2D eigenvalue weighted by Crippen LogP contribution is 2.13. The van der Waals surface area contributed by atoms with Crippen LogP contribution in [0.2, 0.25) is 0 Å². The second kappa shape index (κ2) is 5.56. The van der Waals surface area contributed by atoms with Crippen molar-refractivity contribution in [3.63, 3.8) is 0 Å². The Morgan fingerprint density at radius 3 is 2.33 bits per heavy atom. The zero-order chi connectivity index (χ0) is 11.3. The molecule has 0 N–H and O–H groups in total. The molecule has 84 valence electrons. The van der Waals surface area contributed by atoms with E-state index in [1.54, 1.807) is 11.8 Å². The maximum Gasteiger partial charge on any atom is 0.148 e. The fraction of sp³-hybridized carbons (Fsp3) is 0.455. The first-order valence-electron chi connectivity index (χ1n) is 4.78. The summed E-state index contributed by atoms with van der Waals surface area (Å²) >= 11 is 1.66. The molecule has 0 aliphatic rings. The van der Waals surface area contributed by atoms with Crippen LogP contribution in [0.1, 0.15) is 11.1 Å². The lowest BCUT2D eigenvalue weighted by molar-refractivity contribution is 0.603. The zero-order valence-corrected chi connectivity index (χ0v) is 10.7. The largest absolute Gasteiger partial charge is 0.229 e. The van der Waals surface area contributed by atoms with Crippen molar-refractivity contribution in [3.05, 3.63) is 35.4 Å². The van der Waals surface area contributed by atoms with E-state index in [0.717, 1.165) is 5.75 Å². The molecule has 0 aliphatic carbocycles. The van der Waals surface area contributed by atoms with Crippen molar-refractivity contribution in [3.8, 4) is 0 Å². The molecule has 0 unspecified atom stereocenters. The lowest BCUT2D eigenvalue weighted by Gasteiger charge is -2.01. The summed E-state index contributed by atoms with van der Waals surface area (Å²) in [7, 11) is -2.81. The predicted octanol–water partition coefficient (Wildman–Crippen LogP) is 2.27. The van der Waals surface area contributed by atoms with Gasteiger partial charge < -0.3 is 0 Å². The van der Waals surface area contributed by atoms with E-state index < -0.39 is 9.84 Å². The van der Waals surface area contributed by atoms with Crippen LogP contribution in [0.25, 0.3) is 0 Å². The third kappa shape index (κ3) is 5.85. The Morgan fingerprint density at radius 1 is 1.20 bits per heavy atom. The first kappa shape index (κ1) is 12.6. The number of aryl methyl sites for hydroxylation is 1. The van der Waals surface area contributed by atoms with Crippen LogP contribution >= 0.6 is 11.8 Å². The lowest BCUT2D eigenvalue weighted by atomic mass is 10.2. The molecule has 0 radical (unpaired) electrons. The van der Waals surface area contributed by atoms with Gasteiger partial charge in [0.05, 0.1) is 5.75 Å². The van der Waals surface area contributed by atoms with Crippen LogP contribution in [0.3, 0.4) is 0 Å². The van der Waals surface area contributed by atoms with E-state index in [0.29, 0.717) is 5.75 Å². The quantitative estimate of drug-likeness (QED) is 0.745. The second-order valence-corrected chi connectivity index (χ2v) is 7.03. The van der Waals surface area contributed by atoms with E-state index in [1.807, 2.05) is 0 Å². The van der Waals surface area contributed by atoms with Crippen LogP contribution in [0.4, 0.5) is 0 Å². The van der Waals surface area contributed by atoms with Gasteiger partial charge in [-0.3, -0.25) is 0 Å². The van der Waals surface area contributed by atoms with E-state index in [9.17, 15) is 8.42 Å². The Bertz CT molecular complexity index is 393. The molecule has 0 heterocycles. The maximum absolute atomic E-state index is 10.9. The molecule has 1 rings (SSSR count). The van der Waals surface area contributed by atoms with Gasteiger partial charge in [0.15, 0.2) is 0 Å². The summed E-state index contributed by atoms with van der Waals surface area (Å²) in [4.78, 5) is 0. The third-order valence-electron chi connectivity index (χ3n) is 1.99. The molecule has 0 atom stereocenters. The Balaban J connectivity index is 2.29. The number of sulfone groups is 1. The average molecular weight is 244 g/mol. The molecule has 2 nitrogen and oxygen atoms in total. The number of hydrogen-bond acceptors (Lipinski definition) is 3. The van der Waals surface area contributed by atoms with Gasteiger partial charge in [-0.05, 0) is 12.5 Å². The smallest absolute Gasteiger partial charge is 0.148 e. The molecule has 0 fully saturated rings. The summed E-state index contributed by atoms with van der Waals surface area (Å²) < 4.78 is 21.7. The van der Waals surface area contributed by atoms with Gasteiger partial charge in [0.1, 0.15) is 9.84 Å². The van der Waals surface area contributed by atoms with E-state index in [1.165, 1.54) is 17.4 Å². The highest BCUT2D eigenvalue weighted by Gasteiger charge is 2.01. The molecule has 0 bridgehead atoms. The van der Waals surface area contributed by atoms with Gasteiger partial charge in [-0.15, -0.1) is 0 Å². The van der Waals surface area contributed by atoms with Crippen molar-refractivity contribution >= 4 is 21.6 Å². The number of benzene rings is 1. The first-order valence-corrected chi connectivity index (χ1v) is 8.00. The summed E-state index contributed by atoms with van der Waals surface area (Å²) in [6.07, 6.45) is 1.28. The third-order valence-corrected chi connectivity index (χ3v) is 4.22. The van der Waals surface area contributed by atoms with Crippen LogP contribution in [0, 0.1) is 6.92 Å². The minimum atomic E-state index is -2.81. The molecule has 0 aromatic heterocycles. The Hall–Kier alpha value is -0.480. The van der Waals surface area contributed by atoms with Gasteiger partial charge >= 0.3 is 0 Å². The van der Waals surface area contributed by atoms with Crippen LogP contribution in [0.15, 0.2) is 24.3 Å². The predicted molar refractivity (Wildman–Crippen MR) is 67.1 cm³/mol. The van der Waals surface area contributed by atoms with Crippen molar-refractivity contribution in [2.45, 2.75) is 12.7 Å². The van der Waals surface area contributed by atoms with Gasteiger partial charge in [-0.1, -0.05) is 29.8 Å². The summed E-state index contributed by atoms with van der Waals surface area (Å²) in [5.41, 5.74) is 2.50. The Labute approximate surface area is 96.0 Å². The van der Waals surface area contributed by atoms with Gasteiger partial charge in [0.25, 0.3) is 0 Å². The van der Waals surface area contributed by atoms with Gasteiger partial charge in [-0.2, -0.15) is 11.8 Å². The number of hydrogen-bond donors (Lipinski definition) is 0. The maximum atomic E-state index is 10.9. The van der Waals surface area contributed by atoms with Gasteiger partial charge in [-0.25, -0.2) is 8.42 Å². The molecule has 0 saturated heterocycles. The molecule has 0 amide bonds. The van der Waals surface area contributed by atoms with Crippen molar-refractivity contribution < 1.29 is 8.42 Å². The van der Waals surface area contributed by atoms with Gasteiger partial charge in [0, 0.05) is 17.8 Å². The number of rotatable bonds is 5. The van der Waals surface area contributed by atoms with Crippen molar-refractivity contribution in [2.75, 3.05) is 17.8 Å². The van der Waals surface area contributed by atoms with Crippen molar-refractivity contribution in [1.29, 1.82) is 0 Å². The second-order valence-electron chi connectivity index (χ2n) is 3.67. The highest BCUT2D eigenvalue weighted by atomic mass is 32.2. The van der Waals surface area contributed by atoms with Crippen LogP contribution < -0.4 is 0 Å². The molecule has 0 saturated carbocycles. The Kier molecular flexibility index (Phi) is 4.67. The van der Waals surface area contributed by atoms with Gasteiger partial charge in [0.2, 0.25) is 0 Å². The molecule has 0 aliphatic heterocycles. The van der Waals surface area contributed by atoms with Crippen LogP contribution in [-0.2, 0) is 15.6 Å². The standard InChI is InChI=1S/C11H16O2S2/c1-10-3-5-11(6-4-10)9-14-7-8-15(2,12)13/h3-6H,7-9H2,1-2H3. The normalized spacial score (nSPS) is 11.6. The van der Waals surface area contributed by atoms with Crippen molar-refractivity contribution in [2.24, 2.45) is 0 Å². The van der Waals surface area contributed by atoms with E-state index >= 15 is 0 Å². The molecule has 0 spiro atoms. The first-order chi connectivity index (χ1) is 6.97. The molecular formula is C11H16O2S2. The molecule has 4 heteroatoms. The zero-order valence-electron chi connectivity index (χ0n) is 9.06. The summed E-state index contributed by atoms with van der Waals surface area (Å²) in [6, 6.07) is 8.32. The highest BCUT2D eigenvalue weighted by molar-refractivity contribution is 7.99. The summed E-state index contributed by atoms with van der Waals surface area (Å²) in [5, 5.41) is 0. The van der Waals surface area contributed by atoms with Crippen LogP contribution in [0.5, 0.6) is 0 Å². The van der Waals surface area contributed by atoms with Crippen molar-refractivity contribution in [1.82, 2.24) is 0 Å². The minimum absolute atomic E-state index is 0.267. The summed E-state index contributed by atoms with van der Waals surface area (Å²) in [6.45, 7) is 2.06. The monoisotopic (exact) mass is 244 g/mol. The minimum Gasteiger partial charge on any atom is -0.229 e. The SMILES string of the molecule is Cc1ccc(CSCCS(C)(=O)=O)cc1.